The van der Waals surface area contributed by atoms with Gasteiger partial charge in [-0.05, 0) is 25.5 Å². The number of rotatable bonds is 3. The van der Waals surface area contributed by atoms with Gasteiger partial charge in [0.1, 0.15) is 5.82 Å². The molecule has 0 saturated carbocycles. The lowest BCUT2D eigenvalue weighted by Gasteiger charge is -2.20. The summed E-state index contributed by atoms with van der Waals surface area (Å²) in [6, 6.07) is 4.57. The Hall–Kier alpha value is -1.87. The Morgan fingerprint density at radius 1 is 1.38 bits per heavy atom. The maximum atomic E-state index is 14.4. The van der Waals surface area contributed by atoms with E-state index in [9.17, 15) is 17.6 Å². The molecule has 1 atom stereocenters. The summed E-state index contributed by atoms with van der Waals surface area (Å²) < 4.78 is 55.2. The van der Waals surface area contributed by atoms with Crippen LogP contribution >= 0.6 is 11.3 Å². The fourth-order valence-corrected chi connectivity index (χ4v) is 3.54. The molecule has 2 heterocycles. The summed E-state index contributed by atoms with van der Waals surface area (Å²) in [5.41, 5.74) is 7.11. The number of ether oxygens (including phenoxy) is 1. The number of nitrogens with two attached hydrogens (primary N) is 1. The number of thiazole rings is 1. The number of hydrogen-bond acceptors (Lipinski definition) is 5. The van der Waals surface area contributed by atoms with Crippen LogP contribution in [-0.2, 0) is 4.74 Å². The predicted molar refractivity (Wildman–Crippen MR) is 84.4 cm³/mol. The molecule has 24 heavy (non-hydrogen) atoms. The SMILES string of the molecule is Cc1sc(N)nc1-c1ccc(N2CCC(OC(F)(F)F)C2)c(F)c1. The van der Waals surface area contributed by atoms with Crippen LogP contribution in [0, 0.1) is 12.7 Å². The monoisotopic (exact) mass is 361 g/mol. The lowest BCUT2D eigenvalue weighted by atomic mass is 10.1. The molecule has 0 aliphatic carbocycles. The molecule has 1 unspecified atom stereocenters. The van der Waals surface area contributed by atoms with Crippen LogP contribution in [0.1, 0.15) is 11.3 Å². The summed E-state index contributed by atoms with van der Waals surface area (Å²) in [6.45, 7) is 2.15. The Labute approximate surface area is 139 Å². The third-order valence-corrected chi connectivity index (χ3v) is 4.62. The molecular formula is C15H15F4N3OS. The van der Waals surface area contributed by atoms with Gasteiger partial charge in [-0.25, -0.2) is 9.37 Å². The van der Waals surface area contributed by atoms with E-state index in [-0.39, 0.29) is 18.7 Å². The van der Waals surface area contributed by atoms with Gasteiger partial charge in [-0.3, -0.25) is 4.74 Å². The van der Waals surface area contributed by atoms with E-state index in [0.29, 0.717) is 22.9 Å². The molecule has 1 fully saturated rings. The number of halogens is 4. The van der Waals surface area contributed by atoms with Crippen molar-refractivity contribution < 1.29 is 22.3 Å². The Morgan fingerprint density at radius 3 is 2.71 bits per heavy atom. The second-order valence-electron chi connectivity index (χ2n) is 5.54. The molecule has 1 aliphatic heterocycles. The quantitative estimate of drug-likeness (QED) is 0.841. The van der Waals surface area contributed by atoms with E-state index in [1.807, 2.05) is 6.92 Å². The van der Waals surface area contributed by atoms with Gasteiger partial charge in [-0.2, -0.15) is 0 Å². The van der Waals surface area contributed by atoms with E-state index in [2.05, 4.69) is 9.72 Å². The van der Waals surface area contributed by atoms with E-state index in [4.69, 9.17) is 5.73 Å². The van der Waals surface area contributed by atoms with E-state index >= 15 is 0 Å². The largest absolute Gasteiger partial charge is 0.522 e. The highest BCUT2D eigenvalue weighted by Crippen LogP contribution is 2.33. The first-order valence-corrected chi connectivity index (χ1v) is 8.07. The number of aromatic nitrogens is 1. The van der Waals surface area contributed by atoms with E-state index in [0.717, 1.165) is 4.88 Å². The molecule has 0 spiro atoms. The summed E-state index contributed by atoms with van der Waals surface area (Å²) >= 11 is 1.32. The van der Waals surface area contributed by atoms with Gasteiger partial charge >= 0.3 is 6.36 Å². The first-order chi connectivity index (χ1) is 11.2. The lowest BCUT2D eigenvalue weighted by Crippen LogP contribution is -2.28. The maximum Gasteiger partial charge on any atom is 0.522 e. The highest BCUT2D eigenvalue weighted by molar-refractivity contribution is 7.15. The Morgan fingerprint density at radius 2 is 2.12 bits per heavy atom. The minimum atomic E-state index is -4.68. The van der Waals surface area contributed by atoms with Crippen molar-refractivity contribution in [2.75, 3.05) is 23.7 Å². The van der Waals surface area contributed by atoms with E-state index < -0.39 is 18.3 Å². The van der Waals surface area contributed by atoms with Gasteiger partial charge in [-0.1, -0.05) is 6.07 Å². The minimum absolute atomic E-state index is 0.00153. The molecule has 9 heteroatoms. The van der Waals surface area contributed by atoms with Crippen LogP contribution in [0.2, 0.25) is 0 Å². The number of nitrogen functional groups attached to an aromatic ring is 1. The van der Waals surface area contributed by atoms with Crippen molar-refractivity contribution >= 4 is 22.2 Å². The van der Waals surface area contributed by atoms with Crippen molar-refractivity contribution in [2.45, 2.75) is 25.8 Å². The van der Waals surface area contributed by atoms with Gasteiger partial charge in [0.25, 0.3) is 0 Å². The highest BCUT2D eigenvalue weighted by Gasteiger charge is 2.37. The van der Waals surface area contributed by atoms with Crippen LogP contribution in [0.15, 0.2) is 18.2 Å². The highest BCUT2D eigenvalue weighted by atomic mass is 32.1. The normalized spacial score (nSPS) is 18.4. The average Bonchev–Trinajstić information content (AvgIpc) is 3.03. The predicted octanol–water partition coefficient (Wildman–Crippen LogP) is 3.95. The number of benzene rings is 1. The van der Waals surface area contributed by atoms with E-state index in [1.165, 1.54) is 17.4 Å². The molecule has 2 aromatic rings. The molecule has 0 bridgehead atoms. The van der Waals surface area contributed by atoms with Gasteiger partial charge < -0.3 is 10.6 Å². The first kappa shape index (κ1) is 17.0. The third kappa shape index (κ3) is 3.62. The van der Waals surface area contributed by atoms with Crippen LogP contribution in [0.4, 0.5) is 28.4 Å². The number of anilines is 2. The van der Waals surface area contributed by atoms with Crippen LogP contribution < -0.4 is 10.6 Å². The summed E-state index contributed by atoms with van der Waals surface area (Å²) in [6.07, 6.45) is -5.46. The molecule has 3 rings (SSSR count). The maximum absolute atomic E-state index is 14.4. The molecular weight excluding hydrogens is 346 g/mol. The van der Waals surface area contributed by atoms with Gasteiger partial charge in [0.2, 0.25) is 0 Å². The van der Waals surface area contributed by atoms with Gasteiger partial charge in [0.05, 0.1) is 17.5 Å². The Kier molecular flexibility index (Phi) is 4.39. The Bertz CT molecular complexity index is 747. The number of hydrogen-bond donors (Lipinski definition) is 1. The zero-order valence-corrected chi connectivity index (χ0v) is 13.5. The summed E-state index contributed by atoms with van der Waals surface area (Å²) in [4.78, 5) is 6.60. The fourth-order valence-electron chi connectivity index (χ4n) is 2.83. The van der Waals surface area contributed by atoms with Gasteiger partial charge in [0.15, 0.2) is 5.13 Å². The topological polar surface area (TPSA) is 51.4 Å². The smallest absolute Gasteiger partial charge is 0.375 e. The van der Waals surface area contributed by atoms with Crippen molar-refractivity contribution in [3.8, 4) is 11.3 Å². The summed E-state index contributed by atoms with van der Waals surface area (Å²) in [7, 11) is 0. The van der Waals surface area contributed by atoms with Crippen molar-refractivity contribution in [2.24, 2.45) is 0 Å². The van der Waals surface area contributed by atoms with Crippen LogP contribution in [0.3, 0.4) is 0 Å². The van der Waals surface area contributed by atoms with Crippen LogP contribution in [0.25, 0.3) is 11.3 Å². The zero-order chi connectivity index (χ0) is 17.5. The van der Waals surface area contributed by atoms with Crippen molar-refractivity contribution in [3.05, 3.63) is 28.9 Å². The third-order valence-electron chi connectivity index (χ3n) is 3.82. The molecule has 0 amide bonds. The Balaban J connectivity index is 1.78. The molecule has 0 radical (unpaired) electrons. The van der Waals surface area contributed by atoms with Crippen molar-refractivity contribution in [1.82, 2.24) is 4.98 Å². The fraction of sp³-hybridized carbons (Fsp3) is 0.400. The lowest BCUT2D eigenvalue weighted by molar-refractivity contribution is -0.339. The molecule has 130 valence electrons. The van der Waals surface area contributed by atoms with E-state index in [1.54, 1.807) is 17.0 Å². The number of alkyl halides is 3. The zero-order valence-electron chi connectivity index (χ0n) is 12.7. The van der Waals surface area contributed by atoms with Crippen LogP contribution in [-0.4, -0.2) is 30.5 Å². The molecule has 1 aliphatic rings. The summed E-state index contributed by atoms with van der Waals surface area (Å²) in [5, 5.41) is 0.402. The summed E-state index contributed by atoms with van der Waals surface area (Å²) in [5.74, 6) is -0.508. The second-order valence-corrected chi connectivity index (χ2v) is 6.78. The van der Waals surface area contributed by atoms with Crippen LogP contribution in [0.5, 0.6) is 0 Å². The second kappa shape index (κ2) is 6.21. The molecule has 1 aromatic carbocycles. The van der Waals surface area contributed by atoms with Gasteiger partial charge in [-0.15, -0.1) is 24.5 Å². The molecule has 2 N–H and O–H groups in total. The number of nitrogens with zero attached hydrogens (tertiary/aromatic N) is 2. The minimum Gasteiger partial charge on any atom is -0.375 e. The van der Waals surface area contributed by atoms with Gasteiger partial charge in [0, 0.05) is 23.5 Å². The number of aryl methyl sites for hydroxylation is 1. The standard InChI is InChI=1S/C15H15F4N3OS/c1-8-13(21-14(20)24-8)9-2-3-12(11(16)6-9)22-5-4-10(7-22)23-15(17,18)19/h2-3,6,10H,4-5,7H2,1H3,(H2,20,21). The molecule has 1 saturated heterocycles. The first-order valence-electron chi connectivity index (χ1n) is 7.25. The van der Waals surface area contributed by atoms with Crippen molar-refractivity contribution in [3.63, 3.8) is 0 Å². The molecule has 4 nitrogen and oxygen atoms in total. The van der Waals surface area contributed by atoms with Crippen molar-refractivity contribution in [1.29, 1.82) is 0 Å². The molecule has 1 aromatic heterocycles. The average molecular weight is 361 g/mol.